The third kappa shape index (κ3) is 2.32. The van der Waals surface area contributed by atoms with E-state index in [2.05, 4.69) is 36.2 Å². The molecule has 0 aromatic carbocycles. The van der Waals surface area contributed by atoms with E-state index in [-0.39, 0.29) is 5.41 Å². The van der Waals surface area contributed by atoms with E-state index in [4.69, 9.17) is 0 Å². The number of aryl methyl sites for hydroxylation is 1. The highest BCUT2D eigenvalue weighted by molar-refractivity contribution is 5.67. The smallest absolute Gasteiger partial charge is 0.152 e. The first kappa shape index (κ1) is 10.9. The minimum absolute atomic E-state index is 0.240. The molecule has 4 heteroatoms. The summed E-state index contributed by atoms with van der Waals surface area (Å²) in [5.74, 6) is 0.901. The van der Waals surface area contributed by atoms with Crippen LogP contribution in [0.5, 0.6) is 0 Å². The van der Waals surface area contributed by atoms with E-state index in [1.54, 1.807) is 6.20 Å². The molecule has 0 spiro atoms. The van der Waals surface area contributed by atoms with Crippen molar-refractivity contribution in [2.75, 3.05) is 11.9 Å². The molecule has 2 heterocycles. The third-order valence-electron chi connectivity index (χ3n) is 2.30. The lowest BCUT2D eigenvalue weighted by Gasteiger charge is -2.19. The number of hydrogen-bond acceptors (Lipinski definition) is 3. The number of hydrogen-bond donors (Lipinski definition) is 1. The van der Waals surface area contributed by atoms with Crippen molar-refractivity contribution in [2.24, 2.45) is 5.41 Å². The van der Waals surface area contributed by atoms with Crippen LogP contribution in [0.25, 0.3) is 5.52 Å². The van der Waals surface area contributed by atoms with Crippen molar-refractivity contribution in [3.05, 3.63) is 24.2 Å². The standard InChI is InChI=1S/C12H18N4/c1-9-7-10-11(14-8-12(2,3)4)13-5-6-16(10)15-9/h5-7H,8H2,1-4H3,(H,13,14). The normalized spacial score (nSPS) is 12.0. The van der Waals surface area contributed by atoms with Gasteiger partial charge in [0.25, 0.3) is 0 Å². The number of anilines is 1. The summed E-state index contributed by atoms with van der Waals surface area (Å²) in [6.07, 6.45) is 3.63. The van der Waals surface area contributed by atoms with E-state index < -0.39 is 0 Å². The lowest BCUT2D eigenvalue weighted by molar-refractivity contribution is 0.442. The first-order valence-corrected chi connectivity index (χ1v) is 5.51. The van der Waals surface area contributed by atoms with Gasteiger partial charge in [-0.3, -0.25) is 0 Å². The third-order valence-corrected chi connectivity index (χ3v) is 2.30. The fourth-order valence-electron chi connectivity index (χ4n) is 1.53. The van der Waals surface area contributed by atoms with Crippen LogP contribution >= 0.6 is 0 Å². The maximum Gasteiger partial charge on any atom is 0.152 e. The zero-order valence-corrected chi connectivity index (χ0v) is 10.3. The molecule has 0 amide bonds. The molecule has 2 rings (SSSR count). The molecule has 0 saturated carbocycles. The Morgan fingerprint density at radius 3 is 2.81 bits per heavy atom. The van der Waals surface area contributed by atoms with Crippen LogP contribution < -0.4 is 5.32 Å². The van der Waals surface area contributed by atoms with Gasteiger partial charge >= 0.3 is 0 Å². The van der Waals surface area contributed by atoms with Gasteiger partial charge < -0.3 is 5.32 Å². The monoisotopic (exact) mass is 218 g/mol. The van der Waals surface area contributed by atoms with Crippen molar-refractivity contribution in [3.63, 3.8) is 0 Å². The van der Waals surface area contributed by atoms with Crippen LogP contribution in [0.2, 0.25) is 0 Å². The zero-order chi connectivity index (χ0) is 11.8. The Bertz CT molecular complexity index is 493. The number of nitrogens with one attached hydrogen (secondary N) is 1. The molecular formula is C12H18N4. The summed E-state index contributed by atoms with van der Waals surface area (Å²) < 4.78 is 1.85. The van der Waals surface area contributed by atoms with Crippen molar-refractivity contribution < 1.29 is 0 Å². The summed E-state index contributed by atoms with van der Waals surface area (Å²) in [7, 11) is 0. The van der Waals surface area contributed by atoms with Crippen molar-refractivity contribution in [3.8, 4) is 0 Å². The molecule has 0 aliphatic heterocycles. The van der Waals surface area contributed by atoms with Gasteiger partial charge in [-0.05, 0) is 18.4 Å². The Balaban J connectivity index is 2.30. The highest BCUT2D eigenvalue weighted by atomic mass is 15.2. The van der Waals surface area contributed by atoms with E-state index >= 15 is 0 Å². The quantitative estimate of drug-likeness (QED) is 0.842. The van der Waals surface area contributed by atoms with Gasteiger partial charge in [0.1, 0.15) is 5.52 Å². The molecule has 0 aliphatic rings. The Morgan fingerprint density at radius 2 is 2.12 bits per heavy atom. The first-order valence-electron chi connectivity index (χ1n) is 5.51. The fourth-order valence-corrected chi connectivity index (χ4v) is 1.53. The molecule has 0 radical (unpaired) electrons. The van der Waals surface area contributed by atoms with Crippen molar-refractivity contribution in [1.82, 2.24) is 14.6 Å². The second kappa shape index (κ2) is 3.77. The molecule has 0 fully saturated rings. The van der Waals surface area contributed by atoms with Gasteiger partial charge in [-0.1, -0.05) is 20.8 Å². The largest absolute Gasteiger partial charge is 0.368 e. The molecule has 4 nitrogen and oxygen atoms in total. The zero-order valence-electron chi connectivity index (χ0n) is 10.3. The lowest BCUT2D eigenvalue weighted by atomic mass is 9.97. The van der Waals surface area contributed by atoms with Gasteiger partial charge in [-0.15, -0.1) is 0 Å². The van der Waals surface area contributed by atoms with E-state index in [0.29, 0.717) is 0 Å². The second-order valence-corrected chi connectivity index (χ2v) is 5.31. The molecule has 1 N–H and O–H groups in total. The minimum atomic E-state index is 0.240. The lowest BCUT2D eigenvalue weighted by Crippen LogP contribution is -2.19. The highest BCUT2D eigenvalue weighted by Gasteiger charge is 2.11. The van der Waals surface area contributed by atoms with Gasteiger partial charge in [-0.2, -0.15) is 5.10 Å². The summed E-state index contributed by atoms with van der Waals surface area (Å²) in [6.45, 7) is 9.47. The number of nitrogens with zero attached hydrogens (tertiary/aromatic N) is 3. The van der Waals surface area contributed by atoms with E-state index in [1.807, 2.05) is 23.7 Å². The summed E-state index contributed by atoms with van der Waals surface area (Å²) in [6, 6.07) is 2.04. The van der Waals surface area contributed by atoms with E-state index in [1.165, 1.54) is 0 Å². The van der Waals surface area contributed by atoms with Crippen molar-refractivity contribution >= 4 is 11.3 Å². The molecule has 0 aliphatic carbocycles. The summed E-state index contributed by atoms with van der Waals surface area (Å²) in [4.78, 5) is 4.35. The summed E-state index contributed by atoms with van der Waals surface area (Å²) in [5, 5.41) is 7.72. The Labute approximate surface area is 95.7 Å². The molecule has 16 heavy (non-hydrogen) atoms. The minimum Gasteiger partial charge on any atom is -0.368 e. The average molecular weight is 218 g/mol. The maximum atomic E-state index is 4.35. The Morgan fingerprint density at radius 1 is 1.38 bits per heavy atom. The molecule has 0 saturated heterocycles. The number of fused-ring (bicyclic) bond motifs is 1. The van der Waals surface area contributed by atoms with Gasteiger partial charge in [-0.25, -0.2) is 9.50 Å². The van der Waals surface area contributed by atoms with Crippen molar-refractivity contribution in [2.45, 2.75) is 27.7 Å². The predicted octanol–water partition coefficient (Wildman–Crippen LogP) is 2.50. The highest BCUT2D eigenvalue weighted by Crippen LogP contribution is 2.18. The molecule has 0 bridgehead atoms. The van der Waals surface area contributed by atoms with Gasteiger partial charge in [0, 0.05) is 18.9 Å². The van der Waals surface area contributed by atoms with Crippen LogP contribution in [0.3, 0.4) is 0 Å². The van der Waals surface area contributed by atoms with Crippen LogP contribution in [0.1, 0.15) is 26.5 Å². The molecule has 86 valence electrons. The SMILES string of the molecule is Cc1cc2c(NCC(C)(C)C)nccn2n1. The van der Waals surface area contributed by atoms with Crippen LogP contribution in [0, 0.1) is 12.3 Å². The Kier molecular flexibility index (Phi) is 2.58. The van der Waals surface area contributed by atoms with Gasteiger partial charge in [0.2, 0.25) is 0 Å². The second-order valence-electron chi connectivity index (χ2n) is 5.31. The van der Waals surface area contributed by atoms with Crippen molar-refractivity contribution in [1.29, 1.82) is 0 Å². The van der Waals surface area contributed by atoms with Crippen LogP contribution in [-0.4, -0.2) is 21.1 Å². The maximum absolute atomic E-state index is 4.35. The van der Waals surface area contributed by atoms with E-state index in [0.717, 1.165) is 23.6 Å². The summed E-state index contributed by atoms with van der Waals surface area (Å²) >= 11 is 0. The van der Waals surface area contributed by atoms with Crippen LogP contribution in [0.4, 0.5) is 5.82 Å². The molecular weight excluding hydrogens is 200 g/mol. The molecule has 2 aromatic heterocycles. The fraction of sp³-hybridized carbons (Fsp3) is 0.500. The average Bonchev–Trinajstić information content (AvgIpc) is 2.54. The topological polar surface area (TPSA) is 42.2 Å². The first-order chi connectivity index (χ1) is 7.46. The van der Waals surface area contributed by atoms with E-state index in [9.17, 15) is 0 Å². The van der Waals surface area contributed by atoms with Gasteiger partial charge in [0.15, 0.2) is 5.82 Å². The van der Waals surface area contributed by atoms with Crippen LogP contribution in [0.15, 0.2) is 18.5 Å². The number of rotatable bonds is 2. The summed E-state index contributed by atoms with van der Waals surface area (Å²) in [5.41, 5.74) is 2.28. The molecule has 0 unspecified atom stereocenters. The molecule has 0 atom stereocenters. The Hall–Kier alpha value is -1.58. The molecule has 2 aromatic rings. The predicted molar refractivity (Wildman–Crippen MR) is 65.7 cm³/mol. The van der Waals surface area contributed by atoms with Crippen LogP contribution in [-0.2, 0) is 0 Å². The van der Waals surface area contributed by atoms with Gasteiger partial charge in [0.05, 0.1) is 5.69 Å². The number of aromatic nitrogens is 3.